The Balaban J connectivity index is 1.72. The van der Waals surface area contributed by atoms with Crippen LogP contribution >= 0.6 is 0 Å². The Kier molecular flexibility index (Phi) is 5.69. The third kappa shape index (κ3) is 4.20. The van der Waals surface area contributed by atoms with Gasteiger partial charge in [0, 0.05) is 23.7 Å². The van der Waals surface area contributed by atoms with E-state index >= 15 is 0 Å². The normalized spacial score (nSPS) is 14.6. The van der Waals surface area contributed by atoms with Crippen LogP contribution in [0, 0.1) is 12.3 Å². The fraction of sp³-hybridized carbons (Fsp3) is 0.348. The maximum Gasteiger partial charge on any atom is 0.272 e. The van der Waals surface area contributed by atoms with E-state index in [1.54, 1.807) is 47.2 Å². The number of halogens is 2. The number of hydrogen-bond donors (Lipinski definition) is 1. The topological polar surface area (TPSA) is 97.0 Å². The molecule has 0 radical (unpaired) electrons. The maximum absolute atomic E-state index is 13.4. The second-order valence-corrected chi connectivity index (χ2v) is 8.54. The molecule has 4 rings (SSSR count). The first-order chi connectivity index (χ1) is 15.6. The van der Waals surface area contributed by atoms with Crippen LogP contribution in [0.4, 0.5) is 14.5 Å². The Morgan fingerprint density at radius 2 is 2.00 bits per heavy atom. The number of ether oxygens (including phenoxy) is 1. The Morgan fingerprint density at radius 1 is 1.24 bits per heavy atom. The average Bonchev–Trinajstić information content (AvgIpc) is 3.25. The average molecular weight is 454 g/mol. The number of carbonyl (C=O) groups is 1. The number of alkyl halides is 2. The maximum atomic E-state index is 13.4. The van der Waals surface area contributed by atoms with Crippen LogP contribution in [0.5, 0.6) is 5.75 Å². The molecule has 0 saturated heterocycles. The first-order valence-electron chi connectivity index (χ1n) is 10.4. The summed E-state index contributed by atoms with van der Waals surface area (Å²) in [6, 6.07) is 3.39. The summed E-state index contributed by atoms with van der Waals surface area (Å²) >= 11 is 0. The molecule has 1 aliphatic rings. The van der Waals surface area contributed by atoms with Crippen LogP contribution in [0.3, 0.4) is 0 Å². The Labute approximate surface area is 189 Å². The molecule has 172 valence electrons. The summed E-state index contributed by atoms with van der Waals surface area (Å²) in [5.74, 6) is 0.0448. The van der Waals surface area contributed by atoms with E-state index < -0.39 is 18.6 Å². The van der Waals surface area contributed by atoms with E-state index in [1.807, 2.05) is 20.8 Å². The molecule has 0 aromatic carbocycles. The second-order valence-electron chi connectivity index (χ2n) is 8.54. The van der Waals surface area contributed by atoms with Crippen molar-refractivity contribution >= 4 is 17.3 Å². The molecule has 0 atom stereocenters. The minimum absolute atomic E-state index is 0.176. The van der Waals surface area contributed by atoms with Gasteiger partial charge < -0.3 is 10.1 Å². The first-order valence-corrected chi connectivity index (χ1v) is 10.4. The molecule has 0 aliphatic carbocycles. The first kappa shape index (κ1) is 22.5. The summed E-state index contributed by atoms with van der Waals surface area (Å²) in [5.41, 5.74) is 3.36. The summed E-state index contributed by atoms with van der Waals surface area (Å²) < 4.78 is 31.7. The molecule has 3 aromatic rings. The van der Waals surface area contributed by atoms with Gasteiger partial charge in [-0.1, -0.05) is 0 Å². The van der Waals surface area contributed by atoms with E-state index in [2.05, 4.69) is 10.1 Å². The van der Waals surface area contributed by atoms with Crippen LogP contribution in [0.2, 0.25) is 0 Å². The van der Waals surface area contributed by atoms with Crippen LogP contribution < -0.4 is 9.64 Å². The number of fused-ring (bicyclic) bond motifs is 1. The predicted molar refractivity (Wildman–Crippen MR) is 119 cm³/mol. The molecule has 10 heteroatoms. The summed E-state index contributed by atoms with van der Waals surface area (Å²) in [6.45, 7) is 6.98. The summed E-state index contributed by atoms with van der Waals surface area (Å²) in [6.07, 6.45) is 3.72. The molecular weight excluding hydrogens is 430 g/mol. The van der Waals surface area contributed by atoms with Gasteiger partial charge in [-0.25, -0.2) is 13.8 Å². The molecule has 8 nitrogen and oxygen atoms in total. The van der Waals surface area contributed by atoms with Gasteiger partial charge in [0.15, 0.2) is 0 Å². The van der Waals surface area contributed by atoms with Crippen LogP contribution in [-0.2, 0) is 12.1 Å². The highest BCUT2D eigenvalue weighted by molar-refractivity contribution is 6.12. The van der Waals surface area contributed by atoms with Crippen molar-refractivity contribution in [1.29, 1.82) is 5.41 Å². The van der Waals surface area contributed by atoms with Crippen molar-refractivity contribution in [1.82, 2.24) is 19.7 Å². The van der Waals surface area contributed by atoms with E-state index in [-0.39, 0.29) is 11.7 Å². The SMILES string of the molecule is CC(=N)Cn1cc(N2C(=O)c3c(C)cc(-c4cncc(OCC(F)F)c4)nc3C2(C)C)cn1. The Morgan fingerprint density at radius 3 is 2.70 bits per heavy atom. The van der Waals surface area contributed by atoms with Crippen LogP contribution in [-0.4, -0.2) is 44.4 Å². The van der Waals surface area contributed by atoms with Crippen molar-refractivity contribution in [3.8, 4) is 17.0 Å². The summed E-state index contributed by atoms with van der Waals surface area (Å²) in [7, 11) is 0. The lowest BCUT2D eigenvalue weighted by Crippen LogP contribution is -2.39. The zero-order valence-electron chi connectivity index (χ0n) is 18.8. The molecule has 1 aliphatic heterocycles. The van der Waals surface area contributed by atoms with E-state index in [9.17, 15) is 13.6 Å². The lowest BCUT2D eigenvalue weighted by atomic mass is 9.96. The van der Waals surface area contributed by atoms with Gasteiger partial charge in [-0.05, 0) is 45.4 Å². The number of pyridine rings is 2. The molecule has 4 heterocycles. The summed E-state index contributed by atoms with van der Waals surface area (Å²) in [5, 5.41) is 11.9. The third-order valence-electron chi connectivity index (χ3n) is 5.43. The number of hydrogen-bond acceptors (Lipinski definition) is 6. The van der Waals surface area contributed by atoms with Gasteiger partial charge in [-0.2, -0.15) is 5.10 Å². The van der Waals surface area contributed by atoms with Gasteiger partial charge in [0.05, 0.1) is 47.1 Å². The molecule has 0 saturated carbocycles. The van der Waals surface area contributed by atoms with Crippen LogP contribution in [0.1, 0.15) is 42.4 Å². The largest absolute Gasteiger partial charge is 0.486 e. The van der Waals surface area contributed by atoms with Gasteiger partial charge in [0.25, 0.3) is 12.3 Å². The van der Waals surface area contributed by atoms with Crippen molar-refractivity contribution in [2.24, 2.45) is 0 Å². The van der Waals surface area contributed by atoms with E-state index in [0.717, 1.165) is 5.56 Å². The molecular formula is C23H24F2N6O2. The van der Waals surface area contributed by atoms with Crippen molar-refractivity contribution in [3.63, 3.8) is 0 Å². The quantitative estimate of drug-likeness (QED) is 0.539. The van der Waals surface area contributed by atoms with Gasteiger partial charge in [-0.3, -0.25) is 19.4 Å². The molecule has 0 bridgehead atoms. The van der Waals surface area contributed by atoms with Gasteiger partial charge >= 0.3 is 0 Å². The third-order valence-corrected chi connectivity index (χ3v) is 5.43. The standard InChI is InChI=1S/C23H24F2N6O2/c1-13-5-18(15-6-17(9-27-7-15)33-12-19(24)25)29-21-20(13)22(32)31(23(21,3)4)16-8-28-30(11-16)10-14(2)26/h5-9,11,19,26H,10,12H2,1-4H3. The molecule has 1 amide bonds. The number of aromatic nitrogens is 4. The molecule has 33 heavy (non-hydrogen) atoms. The summed E-state index contributed by atoms with van der Waals surface area (Å²) in [4.78, 5) is 24.0. The van der Waals surface area contributed by atoms with Gasteiger partial charge in [-0.15, -0.1) is 0 Å². The molecule has 0 spiro atoms. The number of anilines is 1. The van der Waals surface area contributed by atoms with Crippen molar-refractivity contribution in [3.05, 3.63) is 53.7 Å². The lowest BCUT2D eigenvalue weighted by Gasteiger charge is -2.30. The number of rotatable bonds is 7. The smallest absolute Gasteiger partial charge is 0.272 e. The molecule has 0 unspecified atom stereocenters. The highest BCUT2D eigenvalue weighted by atomic mass is 19.3. The van der Waals surface area contributed by atoms with Crippen molar-refractivity contribution < 1.29 is 18.3 Å². The van der Waals surface area contributed by atoms with E-state index in [0.29, 0.717) is 40.5 Å². The highest BCUT2D eigenvalue weighted by Crippen LogP contribution is 2.43. The van der Waals surface area contributed by atoms with Gasteiger partial charge in [0.1, 0.15) is 12.4 Å². The Bertz CT molecular complexity index is 1240. The van der Waals surface area contributed by atoms with Crippen LogP contribution in [0.25, 0.3) is 11.3 Å². The predicted octanol–water partition coefficient (Wildman–Crippen LogP) is 4.23. The highest BCUT2D eigenvalue weighted by Gasteiger charge is 2.47. The number of amides is 1. The van der Waals surface area contributed by atoms with E-state index in [4.69, 9.17) is 15.1 Å². The van der Waals surface area contributed by atoms with Crippen molar-refractivity contribution in [2.75, 3.05) is 11.5 Å². The van der Waals surface area contributed by atoms with Gasteiger partial charge in [0.2, 0.25) is 0 Å². The molecule has 3 aromatic heterocycles. The van der Waals surface area contributed by atoms with E-state index in [1.165, 1.54) is 6.20 Å². The zero-order valence-corrected chi connectivity index (χ0v) is 18.8. The Hall–Kier alpha value is -3.69. The fourth-order valence-corrected chi connectivity index (χ4v) is 4.04. The van der Waals surface area contributed by atoms with Crippen LogP contribution in [0.15, 0.2) is 36.9 Å². The number of aryl methyl sites for hydroxylation is 1. The number of nitrogens with one attached hydrogen (secondary N) is 1. The zero-order chi connectivity index (χ0) is 23.9. The minimum Gasteiger partial charge on any atom is -0.486 e. The lowest BCUT2D eigenvalue weighted by molar-refractivity contribution is 0.0817. The second kappa shape index (κ2) is 8.34. The molecule has 1 N–H and O–H groups in total. The number of carbonyl (C=O) groups excluding carboxylic acids is 1. The molecule has 0 fully saturated rings. The monoisotopic (exact) mass is 454 g/mol. The number of nitrogens with zero attached hydrogens (tertiary/aromatic N) is 5. The fourth-order valence-electron chi connectivity index (χ4n) is 4.04. The van der Waals surface area contributed by atoms with Crippen molar-refractivity contribution in [2.45, 2.75) is 46.2 Å². The minimum atomic E-state index is -2.58.